The Morgan fingerprint density at radius 1 is 1.00 bits per heavy atom. The molecule has 2 aliphatic rings. The highest BCUT2D eigenvalue weighted by Gasteiger charge is 2.35. The van der Waals surface area contributed by atoms with E-state index in [9.17, 15) is 14.4 Å². The van der Waals surface area contributed by atoms with Gasteiger partial charge < -0.3 is 14.2 Å². The first-order valence-electron chi connectivity index (χ1n) is 14.9. The average Bonchev–Trinajstić information content (AvgIpc) is 2.92. The highest BCUT2D eigenvalue weighted by molar-refractivity contribution is 5.89. The summed E-state index contributed by atoms with van der Waals surface area (Å²) < 4.78 is 7.20. The topological polar surface area (TPSA) is 83.9 Å². The maximum Gasteiger partial charge on any atom is 0.410 e. The van der Waals surface area contributed by atoms with E-state index in [4.69, 9.17) is 4.74 Å². The third-order valence-corrected chi connectivity index (χ3v) is 8.38. The van der Waals surface area contributed by atoms with E-state index in [0.717, 1.165) is 62.6 Å². The summed E-state index contributed by atoms with van der Waals surface area (Å²) in [5.74, 6) is 0.130. The van der Waals surface area contributed by atoms with Crippen LogP contribution in [0.3, 0.4) is 0 Å². The molecule has 1 unspecified atom stereocenters. The lowest BCUT2D eigenvalue weighted by molar-refractivity contribution is -0.126. The molecule has 2 heterocycles. The number of nitrogens with one attached hydrogen (secondary N) is 1. The molecule has 0 bridgehead atoms. The molecule has 1 aromatic carbocycles. The fraction of sp³-hybridized carbons (Fsp3) is 0.656. The fourth-order valence-electron chi connectivity index (χ4n) is 5.96. The van der Waals surface area contributed by atoms with Crippen LogP contribution in [0.25, 0.3) is 10.9 Å². The molecule has 2 aromatic rings. The summed E-state index contributed by atoms with van der Waals surface area (Å²) in [5.41, 5.74) is 0.408. The van der Waals surface area contributed by atoms with Crippen LogP contribution in [0.2, 0.25) is 0 Å². The predicted molar refractivity (Wildman–Crippen MR) is 160 cm³/mol. The van der Waals surface area contributed by atoms with Crippen LogP contribution >= 0.6 is 0 Å². The standard InChI is InChI=1S/C32H48N4O4/c1-31(2,3)40-30(39)36-20-18-35(19-21-36)17-16-32(4,5)33-27(28(37)23-12-8-7-9-13-23)25-22-24-14-10-11-15-26(24)34(6)29(25)38/h10-11,14-15,22-23,27,33H,7-9,12-13,16-21H2,1-6H3. The number of piperazine rings is 1. The van der Waals surface area contributed by atoms with Crippen LogP contribution in [-0.4, -0.2) is 70.1 Å². The van der Waals surface area contributed by atoms with Crippen molar-refractivity contribution in [2.75, 3.05) is 32.7 Å². The van der Waals surface area contributed by atoms with E-state index in [1.165, 1.54) is 6.42 Å². The Labute approximate surface area is 239 Å². The molecule has 0 radical (unpaired) electrons. The van der Waals surface area contributed by atoms with Crippen molar-refractivity contribution in [3.05, 3.63) is 46.2 Å². The van der Waals surface area contributed by atoms with Crippen molar-refractivity contribution in [3.63, 3.8) is 0 Å². The quantitative estimate of drug-likeness (QED) is 0.494. The average molecular weight is 553 g/mol. The van der Waals surface area contributed by atoms with Crippen molar-refractivity contribution in [3.8, 4) is 0 Å². The lowest BCUT2D eigenvalue weighted by atomic mass is 9.81. The summed E-state index contributed by atoms with van der Waals surface area (Å²) in [6, 6.07) is 9.11. The number of fused-ring (bicyclic) bond motifs is 1. The Morgan fingerprint density at radius 2 is 1.65 bits per heavy atom. The summed E-state index contributed by atoms with van der Waals surface area (Å²) in [5, 5.41) is 4.62. The molecule has 1 atom stereocenters. The number of para-hydroxylation sites is 1. The molecular formula is C32H48N4O4. The van der Waals surface area contributed by atoms with Crippen molar-refractivity contribution in [2.45, 2.75) is 90.3 Å². The zero-order valence-electron chi connectivity index (χ0n) is 25.3. The molecular weight excluding hydrogens is 504 g/mol. The molecule has 1 aromatic heterocycles. The lowest BCUT2D eigenvalue weighted by Gasteiger charge is -2.38. The molecule has 40 heavy (non-hydrogen) atoms. The molecule has 220 valence electrons. The van der Waals surface area contributed by atoms with Crippen LogP contribution in [0.4, 0.5) is 4.79 Å². The Kier molecular flexibility index (Phi) is 9.40. The second-order valence-electron chi connectivity index (χ2n) is 13.3. The normalized spacial score (nSPS) is 18.6. The minimum Gasteiger partial charge on any atom is -0.444 e. The largest absolute Gasteiger partial charge is 0.444 e. The molecule has 1 aliphatic heterocycles. The van der Waals surface area contributed by atoms with Crippen LogP contribution in [-0.2, 0) is 16.6 Å². The summed E-state index contributed by atoms with van der Waals surface area (Å²) in [4.78, 5) is 44.2. The van der Waals surface area contributed by atoms with Gasteiger partial charge in [0, 0.05) is 56.8 Å². The fourth-order valence-corrected chi connectivity index (χ4v) is 5.96. The van der Waals surface area contributed by atoms with Crippen molar-refractivity contribution < 1.29 is 14.3 Å². The summed E-state index contributed by atoms with van der Waals surface area (Å²) in [6.45, 7) is 13.6. The molecule has 4 rings (SSSR count). The van der Waals surface area contributed by atoms with Gasteiger partial charge in [0.25, 0.3) is 5.56 Å². The van der Waals surface area contributed by atoms with Crippen molar-refractivity contribution >= 4 is 22.8 Å². The van der Waals surface area contributed by atoms with Gasteiger partial charge in [-0.05, 0) is 71.4 Å². The number of benzene rings is 1. The van der Waals surface area contributed by atoms with Crippen molar-refractivity contribution in [1.29, 1.82) is 0 Å². The van der Waals surface area contributed by atoms with Crippen LogP contribution in [0.5, 0.6) is 0 Å². The van der Waals surface area contributed by atoms with Gasteiger partial charge in [0.1, 0.15) is 5.60 Å². The lowest BCUT2D eigenvalue weighted by Crippen LogP contribution is -2.52. The van der Waals surface area contributed by atoms with E-state index in [-0.39, 0.29) is 28.9 Å². The highest BCUT2D eigenvalue weighted by Crippen LogP contribution is 2.31. The zero-order chi connectivity index (χ0) is 29.1. The van der Waals surface area contributed by atoms with Crippen LogP contribution < -0.4 is 10.9 Å². The molecule has 1 aliphatic carbocycles. The number of nitrogens with zero attached hydrogens (tertiary/aromatic N) is 3. The Bertz CT molecular complexity index is 1250. The second kappa shape index (κ2) is 12.4. The second-order valence-corrected chi connectivity index (χ2v) is 13.3. The van der Waals surface area contributed by atoms with Gasteiger partial charge in [0.2, 0.25) is 0 Å². The molecule has 1 saturated carbocycles. The van der Waals surface area contributed by atoms with Gasteiger partial charge >= 0.3 is 6.09 Å². The Balaban J connectivity index is 1.47. The van der Waals surface area contributed by atoms with E-state index in [1.54, 1.807) is 16.5 Å². The molecule has 1 N–H and O–H groups in total. The number of ether oxygens (including phenoxy) is 1. The molecule has 1 amide bonds. The number of Topliss-reactive ketones (excluding diaryl/α,β-unsaturated/α-hetero) is 1. The van der Waals surface area contributed by atoms with E-state index < -0.39 is 11.6 Å². The van der Waals surface area contributed by atoms with Crippen LogP contribution in [0, 0.1) is 5.92 Å². The number of aryl methyl sites for hydroxylation is 1. The number of hydrogen-bond acceptors (Lipinski definition) is 6. The number of rotatable bonds is 8. The molecule has 2 fully saturated rings. The number of pyridine rings is 1. The SMILES string of the molecule is Cn1c(=O)c(C(NC(C)(C)CCN2CCN(C(=O)OC(C)(C)C)CC2)C(=O)C2CCCCC2)cc2ccccc21. The van der Waals surface area contributed by atoms with E-state index in [1.807, 2.05) is 51.1 Å². The van der Waals surface area contributed by atoms with Crippen LogP contribution in [0.1, 0.15) is 84.7 Å². The van der Waals surface area contributed by atoms with Gasteiger partial charge in [0.15, 0.2) is 5.78 Å². The first-order chi connectivity index (χ1) is 18.8. The number of hydrogen-bond donors (Lipinski definition) is 1. The molecule has 8 nitrogen and oxygen atoms in total. The van der Waals surface area contributed by atoms with Gasteiger partial charge in [-0.25, -0.2) is 4.79 Å². The number of carbonyl (C=O) groups is 2. The van der Waals surface area contributed by atoms with E-state index >= 15 is 0 Å². The number of carbonyl (C=O) groups excluding carboxylic acids is 2. The molecule has 0 spiro atoms. The Morgan fingerprint density at radius 3 is 2.30 bits per heavy atom. The van der Waals surface area contributed by atoms with E-state index in [2.05, 4.69) is 24.1 Å². The van der Waals surface area contributed by atoms with Crippen molar-refractivity contribution in [1.82, 2.24) is 19.7 Å². The van der Waals surface area contributed by atoms with Gasteiger partial charge in [-0.3, -0.25) is 19.8 Å². The minimum atomic E-state index is -0.648. The first-order valence-corrected chi connectivity index (χ1v) is 14.9. The maximum absolute atomic E-state index is 14.0. The molecule has 1 saturated heterocycles. The highest BCUT2D eigenvalue weighted by atomic mass is 16.6. The van der Waals surface area contributed by atoms with Crippen molar-refractivity contribution in [2.24, 2.45) is 13.0 Å². The van der Waals surface area contributed by atoms with Gasteiger partial charge in [0.05, 0.1) is 11.6 Å². The summed E-state index contributed by atoms with van der Waals surface area (Å²) in [7, 11) is 1.79. The van der Waals surface area contributed by atoms with Gasteiger partial charge in [-0.1, -0.05) is 37.5 Å². The van der Waals surface area contributed by atoms with E-state index in [0.29, 0.717) is 18.7 Å². The number of ketones is 1. The number of amides is 1. The summed E-state index contributed by atoms with van der Waals surface area (Å²) >= 11 is 0. The Hall–Kier alpha value is -2.71. The van der Waals surface area contributed by atoms with Gasteiger partial charge in [-0.2, -0.15) is 0 Å². The molecule has 8 heteroatoms. The third kappa shape index (κ3) is 7.52. The monoisotopic (exact) mass is 552 g/mol. The minimum absolute atomic E-state index is 0.0147. The smallest absolute Gasteiger partial charge is 0.410 e. The summed E-state index contributed by atoms with van der Waals surface area (Å²) in [6.07, 6.45) is 5.65. The van der Waals surface area contributed by atoms with Gasteiger partial charge in [-0.15, -0.1) is 0 Å². The maximum atomic E-state index is 14.0. The first kappa shape index (κ1) is 30.3. The third-order valence-electron chi connectivity index (χ3n) is 8.38. The zero-order valence-corrected chi connectivity index (χ0v) is 25.3. The predicted octanol–water partition coefficient (Wildman–Crippen LogP) is 5.04. The number of aromatic nitrogens is 1. The van der Waals surface area contributed by atoms with Crippen LogP contribution in [0.15, 0.2) is 35.1 Å².